The van der Waals surface area contributed by atoms with Crippen molar-refractivity contribution >= 4 is 17.9 Å². The number of aliphatic carboxylic acids is 1. The van der Waals surface area contributed by atoms with Crippen LogP contribution in [0.25, 0.3) is 0 Å². The van der Waals surface area contributed by atoms with Crippen LogP contribution in [0.15, 0.2) is 22.8 Å². The van der Waals surface area contributed by atoms with Crippen molar-refractivity contribution in [2.75, 3.05) is 6.54 Å². The summed E-state index contributed by atoms with van der Waals surface area (Å²) in [6.07, 6.45) is 1.37. The Labute approximate surface area is 89.6 Å². The highest BCUT2D eigenvalue weighted by atomic mass is 16.4. The third-order valence-electron chi connectivity index (χ3n) is 2.15. The lowest BCUT2D eigenvalue weighted by molar-refractivity contribution is -0.141. The normalized spacial score (nSPS) is 20.0. The molecule has 1 aliphatic heterocycles. The summed E-state index contributed by atoms with van der Waals surface area (Å²) in [4.78, 5) is 34.1. The second kappa shape index (κ2) is 3.69. The first-order chi connectivity index (χ1) is 7.59. The van der Waals surface area contributed by atoms with Gasteiger partial charge in [-0.2, -0.15) is 0 Å². The second-order valence-electron chi connectivity index (χ2n) is 3.22. The smallest absolute Gasteiger partial charge is 0.325 e. The van der Waals surface area contributed by atoms with Crippen LogP contribution >= 0.6 is 0 Å². The van der Waals surface area contributed by atoms with E-state index in [1.165, 1.54) is 12.3 Å². The Balaban J connectivity index is 2.19. The summed E-state index contributed by atoms with van der Waals surface area (Å²) < 4.78 is 4.98. The van der Waals surface area contributed by atoms with E-state index in [1.54, 1.807) is 6.07 Å². The molecule has 2 rings (SSSR count). The number of hydrogen-bond donors (Lipinski definition) is 2. The van der Waals surface area contributed by atoms with Gasteiger partial charge in [-0.25, -0.2) is 4.79 Å². The molecule has 2 heterocycles. The molecule has 0 aliphatic carbocycles. The van der Waals surface area contributed by atoms with Crippen LogP contribution in [0.4, 0.5) is 4.79 Å². The number of carbonyl (C=O) groups is 3. The van der Waals surface area contributed by atoms with E-state index in [0.29, 0.717) is 4.90 Å². The number of nitrogens with zero attached hydrogens (tertiary/aromatic N) is 1. The average Bonchev–Trinajstić information content (AvgIpc) is 2.80. The number of imide groups is 1. The lowest BCUT2D eigenvalue weighted by Crippen LogP contribution is -2.35. The van der Waals surface area contributed by atoms with E-state index in [1.807, 2.05) is 0 Å². The molecule has 1 atom stereocenters. The van der Waals surface area contributed by atoms with Crippen LogP contribution in [0.3, 0.4) is 0 Å². The van der Waals surface area contributed by atoms with Crippen molar-refractivity contribution in [3.63, 3.8) is 0 Å². The Hall–Kier alpha value is -2.31. The predicted molar refractivity (Wildman–Crippen MR) is 49.3 cm³/mol. The zero-order chi connectivity index (χ0) is 11.7. The molecule has 3 amide bonds. The quantitative estimate of drug-likeness (QED) is 0.701. The summed E-state index contributed by atoms with van der Waals surface area (Å²) in [5.41, 5.74) is 0. The molecule has 1 saturated heterocycles. The highest BCUT2D eigenvalue weighted by molar-refractivity contribution is 6.06. The maximum Gasteiger partial charge on any atom is 0.325 e. The van der Waals surface area contributed by atoms with Gasteiger partial charge in [0.25, 0.3) is 5.91 Å². The van der Waals surface area contributed by atoms with Crippen molar-refractivity contribution in [2.45, 2.75) is 6.04 Å². The molecule has 0 saturated carbocycles. The first-order valence-electron chi connectivity index (χ1n) is 4.46. The zero-order valence-electron chi connectivity index (χ0n) is 8.04. The molecule has 16 heavy (non-hydrogen) atoms. The van der Waals surface area contributed by atoms with Gasteiger partial charge in [-0.15, -0.1) is 0 Å². The molecule has 1 aromatic heterocycles. The van der Waals surface area contributed by atoms with E-state index in [9.17, 15) is 14.4 Å². The van der Waals surface area contributed by atoms with Gasteiger partial charge in [0.2, 0.25) is 0 Å². The van der Waals surface area contributed by atoms with Crippen LogP contribution in [-0.4, -0.2) is 34.5 Å². The van der Waals surface area contributed by atoms with Gasteiger partial charge in [-0.05, 0) is 12.1 Å². The van der Waals surface area contributed by atoms with Crippen molar-refractivity contribution in [1.82, 2.24) is 10.2 Å². The molecular weight excluding hydrogens is 216 g/mol. The largest absolute Gasteiger partial charge is 0.480 e. The number of urea groups is 1. The van der Waals surface area contributed by atoms with Gasteiger partial charge in [-0.3, -0.25) is 14.5 Å². The summed E-state index contributed by atoms with van der Waals surface area (Å²) >= 11 is 0. The number of carboxylic acids is 1. The van der Waals surface area contributed by atoms with Crippen LogP contribution in [-0.2, 0) is 9.59 Å². The Kier molecular flexibility index (Phi) is 2.35. The maximum absolute atomic E-state index is 11.7. The minimum absolute atomic E-state index is 0.284. The highest BCUT2D eigenvalue weighted by Crippen LogP contribution is 2.21. The van der Waals surface area contributed by atoms with Gasteiger partial charge in [0, 0.05) is 0 Å². The molecule has 2 N–H and O–H groups in total. The monoisotopic (exact) mass is 224 g/mol. The Bertz CT molecular complexity index is 439. The molecule has 1 fully saturated rings. The van der Waals surface area contributed by atoms with Crippen LogP contribution in [0.1, 0.15) is 11.8 Å². The van der Waals surface area contributed by atoms with Crippen LogP contribution in [0.2, 0.25) is 0 Å². The topological polar surface area (TPSA) is 99.8 Å². The molecule has 1 aliphatic rings. The van der Waals surface area contributed by atoms with Crippen LogP contribution in [0, 0.1) is 0 Å². The summed E-state index contributed by atoms with van der Waals surface area (Å²) in [7, 11) is 0. The van der Waals surface area contributed by atoms with Gasteiger partial charge in [0.15, 0.2) is 6.04 Å². The predicted octanol–water partition coefficient (Wildman–Crippen LogP) is -0.0429. The molecule has 0 spiro atoms. The van der Waals surface area contributed by atoms with Crippen molar-refractivity contribution in [3.8, 4) is 0 Å². The first kappa shape index (κ1) is 10.2. The van der Waals surface area contributed by atoms with E-state index in [0.717, 1.165) is 0 Å². The SMILES string of the molecule is O=C(O)CN1C(=O)NC(c2ccco2)C1=O. The lowest BCUT2D eigenvalue weighted by atomic mass is 10.2. The summed E-state index contributed by atoms with van der Waals surface area (Å²) in [5.74, 6) is -1.59. The molecule has 84 valence electrons. The van der Waals surface area contributed by atoms with Crippen molar-refractivity contribution in [3.05, 3.63) is 24.2 Å². The molecule has 1 aromatic rings. The Morgan fingerprint density at radius 2 is 2.31 bits per heavy atom. The number of hydrogen-bond acceptors (Lipinski definition) is 4. The maximum atomic E-state index is 11.7. The van der Waals surface area contributed by atoms with Crippen molar-refractivity contribution < 1.29 is 23.9 Å². The Morgan fingerprint density at radius 1 is 1.56 bits per heavy atom. The minimum atomic E-state index is -1.25. The molecular formula is C9H8N2O5. The summed E-state index contributed by atoms with van der Waals surface area (Å²) in [6, 6.07) is 1.46. The summed E-state index contributed by atoms with van der Waals surface area (Å²) in [5, 5.41) is 10.9. The van der Waals surface area contributed by atoms with Crippen LogP contribution < -0.4 is 5.32 Å². The van der Waals surface area contributed by atoms with E-state index in [4.69, 9.17) is 9.52 Å². The van der Waals surface area contributed by atoms with Crippen molar-refractivity contribution in [1.29, 1.82) is 0 Å². The third kappa shape index (κ3) is 1.62. The van der Waals surface area contributed by atoms with Gasteiger partial charge in [0.1, 0.15) is 12.3 Å². The number of furan rings is 1. The first-order valence-corrected chi connectivity index (χ1v) is 4.46. The standard InChI is InChI=1S/C9H8N2O5/c12-6(13)4-11-8(14)7(10-9(11)15)5-2-1-3-16-5/h1-3,7H,4H2,(H,10,15)(H,12,13). The fourth-order valence-electron chi connectivity index (χ4n) is 1.45. The molecule has 7 nitrogen and oxygen atoms in total. The number of amides is 3. The minimum Gasteiger partial charge on any atom is -0.480 e. The highest BCUT2D eigenvalue weighted by Gasteiger charge is 2.41. The second-order valence-corrected chi connectivity index (χ2v) is 3.22. The number of carboxylic acid groups (broad SMARTS) is 1. The fraction of sp³-hybridized carbons (Fsp3) is 0.222. The molecule has 0 bridgehead atoms. The third-order valence-corrected chi connectivity index (χ3v) is 2.15. The van der Waals surface area contributed by atoms with Gasteiger partial charge < -0.3 is 14.8 Å². The van der Waals surface area contributed by atoms with Crippen molar-refractivity contribution in [2.24, 2.45) is 0 Å². The lowest BCUT2D eigenvalue weighted by Gasteiger charge is -2.08. The van der Waals surface area contributed by atoms with Gasteiger partial charge in [-0.1, -0.05) is 0 Å². The number of carbonyl (C=O) groups excluding carboxylic acids is 2. The Morgan fingerprint density at radius 3 is 2.88 bits per heavy atom. The average molecular weight is 224 g/mol. The van der Waals surface area contributed by atoms with E-state index >= 15 is 0 Å². The molecule has 0 radical (unpaired) electrons. The molecule has 7 heteroatoms. The summed E-state index contributed by atoms with van der Waals surface area (Å²) in [6.45, 7) is -0.651. The fourth-order valence-corrected chi connectivity index (χ4v) is 1.45. The van der Waals surface area contributed by atoms with Crippen LogP contribution in [0.5, 0.6) is 0 Å². The number of rotatable bonds is 3. The van der Waals surface area contributed by atoms with E-state index in [-0.39, 0.29) is 5.76 Å². The molecule has 1 unspecified atom stereocenters. The number of nitrogens with one attached hydrogen (secondary N) is 1. The van der Waals surface area contributed by atoms with Gasteiger partial charge >= 0.3 is 12.0 Å². The zero-order valence-corrected chi connectivity index (χ0v) is 8.04. The molecule has 0 aromatic carbocycles. The van der Waals surface area contributed by atoms with Gasteiger partial charge in [0.05, 0.1) is 6.26 Å². The van der Waals surface area contributed by atoms with E-state index in [2.05, 4.69) is 5.32 Å². The van der Waals surface area contributed by atoms with E-state index < -0.39 is 30.5 Å².